The number of rotatable bonds is 30. The summed E-state index contributed by atoms with van der Waals surface area (Å²) in [6.45, 7) is 9.23. The molecule has 0 heterocycles. The van der Waals surface area contributed by atoms with E-state index in [4.69, 9.17) is 29.5 Å². The molecule has 0 saturated carbocycles. The van der Waals surface area contributed by atoms with E-state index in [0.29, 0.717) is 12.8 Å². The normalized spacial score (nSPS) is 11.2. The first-order valence-corrected chi connectivity index (χ1v) is 20.0. The van der Waals surface area contributed by atoms with Crippen molar-refractivity contribution in [2.45, 2.75) is 207 Å². The molecular weight excluding hydrogens is 591 g/mol. The highest BCUT2D eigenvalue weighted by atomic mass is 31.2. The fourth-order valence-electron chi connectivity index (χ4n) is 5.19. The largest absolute Gasteiger partial charge is 0.481 e. The van der Waals surface area contributed by atoms with Gasteiger partial charge >= 0.3 is 19.8 Å². The Morgan fingerprint density at radius 3 is 0.711 bits per heavy atom. The second kappa shape index (κ2) is 37.5. The molecule has 8 nitrogen and oxygen atoms in total. The zero-order chi connectivity index (χ0) is 34.6. The third-order valence-electron chi connectivity index (χ3n) is 7.84. The standard InChI is InChI=1S/2C18H36O2.H3O4P/c2*1-17(2)15-13-11-9-7-5-3-4-6-8-10-12-14-16-18(19)20;1-5(2,3)4/h2*17H,3-16H2,1-2H3,(H,19,20);(H3,1,2,3,4). The fraction of sp³-hybridized carbons (Fsp3) is 0.944. The summed E-state index contributed by atoms with van der Waals surface area (Å²) in [6, 6.07) is 0. The van der Waals surface area contributed by atoms with Crippen LogP contribution in [0.3, 0.4) is 0 Å². The van der Waals surface area contributed by atoms with Gasteiger partial charge in [-0.15, -0.1) is 0 Å². The Morgan fingerprint density at radius 1 is 0.400 bits per heavy atom. The van der Waals surface area contributed by atoms with Gasteiger partial charge in [-0.3, -0.25) is 9.59 Å². The van der Waals surface area contributed by atoms with Gasteiger partial charge in [0.25, 0.3) is 0 Å². The number of unbranched alkanes of at least 4 members (excludes halogenated alkanes) is 22. The van der Waals surface area contributed by atoms with Gasteiger partial charge in [0.05, 0.1) is 0 Å². The van der Waals surface area contributed by atoms with E-state index >= 15 is 0 Å². The minimum atomic E-state index is -4.64. The number of carboxylic acids is 2. The number of aliphatic carboxylic acids is 2. The topological polar surface area (TPSA) is 152 Å². The smallest absolute Gasteiger partial charge is 0.466 e. The molecule has 0 radical (unpaired) electrons. The molecule has 0 rings (SSSR count). The summed E-state index contributed by atoms with van der Waals surface area (Å²) < 4.78 is 8.88. The number of carboxylic acid groups (broad SMARTS) is 2. The van der Waals surface area contributed by atoms with Crippen molar-refractivity contribution in [1.82, 2.24) is 0 Å². The minimum absolute atomic E-state index is 0.344. The van der Waals surface area contributed by atoms with E-state index in [0.717, 1.165) is 37.5 Å². The maximum atomic E-state index is 10.3. The molecule has 0 unspecified atom stereocenters. The number of hydrogen-bond donors (Lipinski definition) is 5. The first-order valence-electron chi connectivity index (χ1n) is 18.5. The number of phosphoric acid groups is 1. The second-order valence-electron chi connectivity index (χ2n) is 13.7. The van der Waals surface area contributed by atoms with Crippen molar-refractivity contribution in [2.75, 3.05) is 0 Å². The molecule has 0 aromatic heterocycles. The van der Waals surface area contributed by atoms with Gasteiger partial charge in [-0.2, -0.15) is 0 Å². The van der Waals surface area contributed by atoms with Crippen LogP contribution >= 0.6 is 7.82 Å². The Labute approximate surface area is 277 Å². The van der Waals surface area contributed by atoms with Gasteiger partial charge in [-0.05, 0) is 24.7 Å². The van der Waals surface area contributed by atoms with Crippen molar-refractivity contribution in [3.63, 3.8) is 0 Å². The fourth-order valence-corrected chi connectivity index (χ4v) is 5.19. The maximum Gasteiger partial charge on any atom is 0.466 e. The van der Waals surface area contributed by atoms with Crippen molar-refractivity contribution in [3.05, 3.63) is 0 Å². The lowest BCUT2D eigenvalue weighted by Crippen LogP contribution is -1.93. The van der Waals surface area contributed by atoms with Gasteiger partial charge in [-0.25, -0.2) is 4.57 Å². The van der Waals surface area contributed by atoms with E-state index < -0.39 is 19.8 Å². The molecule has 5 N–H and O–H groups in total. The van der Waals surface area contributed by atoms with Crippen LogP contribution in [0, 0.1) is 11.8 Å². The Balaban J connectivity index is -0.000000680. The van der Waals surface area contributed by atoms with E-state index in [2.05, 4.69) is 27.7 Å². The van der Waals surface area contributed by atoms with Gasteiger partial charge in [0.1, 0.15) is 0 Å². The van der Waals surface area contributed by atoms with Crippen LogP contribution in [-0.4, -0.2) is 36.8 Å². The molecule has 45 heavy (non-hydrogen) atoms. The molecule has 0 aromatic rings. The Kier molecular flexibility index (Phi) is 40.4. The summed E-state index contributed by atoms with van der Waals surface area (Å²) in [4.78, 5) is 42.2. The molecule has 0 bridgehead atoms. The predicted octanol–water partition coefficient (Wildman–Crippen LogP) is 11.4. The first kappa shape index (κ1) is 48.4. The molecule has 0 spiro atoms. The molecule has 0 aliphatic carbocycles. The lowest BCUT2D eigenvalue weighted by Gasteiger charge is -2.04. The lowest BCUT2D eigenvalue weighted by molar-refractivity contribution is -0.138. The van der Waals surface area contributed by atoms with E-state index in [9.17, 15) is 9.59 Å². The molecule has 0 aliphatic rings. The number of hydrogen-bond acceptors (Lipinski definition) is 3. The van der Waals surface area contributed by atoms with E-state index in [1.807, 2.05) is 0 Å². The van der Waals surface area contributed by atoms with Crippen molar-refractivity contribution in [2.24, 2.45) is 11.8 Å². The van der Waals surface area contributed by atoms with Gasteiger partial charge in [0, 0.05) is 12.8 Å². The quantitative estimate of drug-likeness (QED) is 0.0375. The molecule has 0 amide bonds. The third-order valence-corrected chi connectivity index (χ3v) is 7.84. The summed E-state index contributed by atoms with van der Waals surface area (Å²) in [7, 11) is -4.64. The highest BCUT2D eigenvalue weighted by molar-refractivity contribution is 7.45. The molecule has 0 aromatic carbocycles. The molecule has 272 valence electrons. The van der Waals surface area contributed by atoms with Crippen molar-refractivity contribution < 1.29 is 39.0 Å². The molecule has 0 aliphatic heterocycles. The van der Waals surface area contributed by atoms with E-state index in [-0.39, 0.29) is 0 Å². The first-order chi connectivity index (χ1) is 21.3. The van der Waals surface area contributed by atoms with Crippen LogP contribution in [-0.2, 0) is 14.2 Å². The summed E-state index contributed by atoms with van der Waals surface area (Å²) in [5.74, 6) is 0.424. The molecule has 0 saturated heterocycles. The second-order valence-corrected chi connectivity index (χ2v) is 14.7. The predicted molar refractivity (Wildman–Crippen MR) is 188 cm³/mol. The number of carbonyl (C=O) groups is 2. The SMILES string of the molecule is CC(C)CCCCCCCCCCCCCCC(=O)O.CC(C)CCCCCCCCCCCCCCC(=O)O.O=P(O)(O)O. The van der Waals surface area contributed by atoms with E-state index in [1.165, 1.54) is 141 Å². The average molecular weight is 667 g/mol. The highest BCUT2D eigenvalue weighted by Crippen LogP contribution is 2.25. The Hall–Kier alpha value is -0.950. The zero-order valence-electron chi connectivity index (χ0n) is 29.9. The minimum Gasteiger partial charge on any atom is -0.481 e. The highest BCUT2D eigenvalue weighted by Gasteiger charge is 2.01. The summed E-state index contributed by atoms with van der Waals surface area (Å²) in [5, 5.41) is 17.0. The van der Waals surface area contributed by atoms with Crippen LogP contribution in [0.1, 0.15) is 207 Å². The van der Waals surface area contributed by atoms with Crippen LogP contribution in [0.2, 0.25) is 0 Å². The van der Waals surface area contributed by atoms with Gasteiger partial charge < -0.3 is 24.9 Å². The van der Waals surface area contributed by atoms with Gasteiger partial charge in [-0.1, -0.05) is 182 Å². The van der Waals surface area contributed by atoms with Crippen LogP contribution in [0.4, 0.5) is 0 Å². The summed E-state index contributed by atoms with van der Waals surface area (Å²) in [6.07, 6.45) is 34.6. The van der Waals surface area contributed by atoms with Crippen molar-refractivity contribution in [3.8, 4) is 0 Å². The zero-order valence-corrected chi connectivity index (χ0v) is 30.8. The van der Waals surface area contributed by atoms with Crippen LogP contribution in [0.25, 0.3) is 0 Å². The summed E-state index contributed by atoms with van der Waals surface area (Å²) >= 11 is 0. The van der Waals surface area contributed by atoms with E-state index in [1.54, 1.807) is 0 Å². The summed E-state index contributed by atoms with van der Waals surface area (Å²) in [5.41, 5.74) is 0. The average Bonchev–Trinajstić information content (AvgIpc) is 2.92. The third kappa shape index (κ3) is 66.4. The van der Waals surface area contributed by atoms with Gasteiger partial charge in [0.2, 0.25) is 0 Å². The van der Waals surface area contributed by atoms with Crippen LogP contribution in [0.5, 0.6) is 0 Å². The molecular formula is C36H75O8P. The van der Waals surface area contributed by atoms with Crippen molar-refractivity contribution >= 4 is 19.8 Å². The van der Waals surface area contributed by atoms with Crippen molar-refractivity contribution in [1.29, 1.82) is 0 Å². The Morgan fingerprint density at radius 2 is 0.556 bits per heavy atom. The maximum absolute atomic E-state index is 10.3. The molecule has 9 heteroatoms. The Bertz CT molecular complexity index is 609. The molecule has 0 atom stereocenters. The monoisotopic (exact) mass is 667 g/mol. The lowest BCUT2D eigenvalue weighted by atomic mass is 10.0. The van der Waals surface area contributed by atoms with Gasteiger partial charge in [0.15, 0.2) is 0 Å². The van der Waals surface area contributed by atoms with Crippen LogP contribution < -0.4 is 0 Å². The van der Waals surface area contributed by atoms with Crippen LogP contribution in [0.15, 0.2) is 0 Å². The molecule has 0 fully saturated rings.